The number of nitrogen functional groups attached to an aromatic ring is 1. The van der Waals surface area contributed by atoms with Crippen LogP contribution in [0.25, 0.3) is 11.1 Å². The molecule has 0 amide bonds. The lowest BCUT2D eigenvalue weighted by Gasteiger charge is -2.22. The van der Waals surface area contributed by atoms with Crippen LogP contribution in [0, 0.1) is 6.92 Å². The smallest absolute Gasteiger partial charge is 0.241 e. The number of nitrogens with two attached hydrogens (primary N) is 1. The van der Waals surface area contributed by atoms with E-state index >= 15 is 0 Å². The van der Waals surface area contributed by atoms with Crippen LogP contribution in [-0.2, 0) is 10.0 Å². The zero-order chi connectivity index (χ0) is 16.5. The summed E-state index contributed by atoms with van der Waals surface area (Å²) < 4.78 is 28.1. The Morgan fingerprint density at radius 3 is 2.23 bits per heavy atom. The summed E-state index contributed by atoms with van der Waals surface area (Å²) in [5.74, 6) is 0. The molecule has 5 heteroatoms. The van der Waals surface area contributed by atoms with Crippen LogP contribution in [-0.4, -0.2) is 14.0 Å². The molecule has 22 heavy (non-hydrogen) atoms. The number of anilines is 1. The zero-order valence-electron chi connectivity index (χ0n) is 13.3. The number of sulfonamides is 1. The fraction of sp³-hybridized carbons (Fsp3) is 0.294. The van der Waals surface area contributed by atoms with Crippen LogP contribution < -0.4 is 10.5 Å². The zero-order valence-corrected chi connectivity index (χ0v) is 14.2. The monoisotopic (exact) mass is 318 g/mol. The maximum absolute atomic E-state index is 12.7. The van der Waals surface area contributed by atoms with E-state index in [1.54, 1.807) is 18.2 Å². The van der Waals surface area contributed by atoms with Crippen molar-refractivity contribution in [3.8, 4) is 11.1 Å². The van der Waals surface area contributed by atoms with E-state index in [9.17, 15) is 8.42 Å². The van der Waals surface area contributed by atoms with E-state index in [2.05, 4.69) is 4.72 Å². The first-order valence-corrected chi connectivity index (χ1v) is 8.58. The first-order chi connectivity index (χ1) is 10.1. The minimum atomic E-state index is -3.60. The molecular weight excluding hydrogens is 296 g/mol. The maximum Gasteiger partial charge on any atom is 0.241 e. The highest BCUT2D eigenvalue weighted by atomic mass is 32.2. The van der Waals surface area contributed by atoms with E-state index in [1.165, 1.54) is 0 Å². The Balaban J connectivity index is 2.61. The highest BCUT2D eigenvalue weighted by Crippen LogP contribution is 2.31. The summed E-state index contributed by atoms with van der Waals surface area (Å²) in [6.07, 6.45) is 0. The largest absolute Gasteiger partial charge is 0.399 e. The normalized spacial score (nSPS) is 12.4. The lowest BCUT2D eigenvalue weighted by Crippen LogP contribution is -2.40. The van der Waals surface area contributed by atoms with E-state index in [1.807, 2.05) is 52.0 Å². The second kappa shape index (κ2) is 5.74. The van der Waals surface area contributed by atoms with Crippen LogP contribution >= 0.6 is 0 Å². The predicted molar refractivity (Wildman–Crippen MR) is 91.1 cm³/mol. The van der Waals surface area contributed by atoms with Crippen molar-refractivity contribution >= 4 is 15.7 Å². The summed E-state index contributed by atoms with van der Waals surface area (Å²) in [6, 6.07) is 12.5. The maximum atomic E-state index is 12.7. The average molecular weight is 318 g/mol. The number of nitrogens with one attached hydrogen (secondary N) is 1. The van der Waals surface area contributed by atoms with E-state index in [4.69, 9.17) is 5.73 Å². The third-order valence-corrected chi connectivity index (χ3v) is 4.97. The quantitative estimate of drug-likeness (QED) is 0.853. The fourth-order valence-electron chi connectivity index (χ4n) is 2.37. The molecule has 0 saturated carbocycles. The minimum absolute atomic E-state index is 0.276. The van der Waals surface area contributed by atoms with Gasteiger partial charge in [-0.25, -0.2) is 13.1 Å². The third kappa shape index (κ3) is 3.67. The van der Waals surface area contributed by atoms with E-state index in [0.29, 0.717) is 11.3 Å². The van der Waals surface area contributed by atoms with Crippen molar-refractivity contribution in [2.75, 3.05) is 5.73 Å². The summed E-state index contributed by atoms with van der Waals surface area (Å²) in [5.41, 5.74) is 8.39. The van der Waals surface area contributed by atoms with Crippen molar-refractivity contribution in [3.05, 3.63) is 48.0 Å². The molecule has 0 aromatic heterocycles. The Bertz CT molecular complexity index is 791. The van der Waals surface area contributed by atoms with Gasteiger partial charge in [0.25, 0.3) is 0 Å². The van der Waals surface area contributed by atoms with E-state index in [-0.39, 0.29) is 4.90 Å². The average Bonchev–Trinajstić information content (AvgIpc) is 2.36. The number of hydrogen-bond acceptors (Lipinski definition) is 3. The molecule has 0 bridgehead atoms. The Morgan fingerprint density at radius 1 is 1.00 bits per heavy atom. The Morgan fingerprint density at radius 2 is 1.64 bits per heavy atom. The fourth-order valence-corrected chi connectivity index (χ4v) is 4.01. The molecule has 118 valence electrons. The lowest BCUT2D eigenvalue weighted by atomic mass is 10.00. The van der Waals surface area contributed by atoms with E-state index in [0.717, 1.165) is 11.1 Å². The predicted octanol–water partition coefficient (Wildman–Crippen LogP) is 3.32. The Hall–Kier alpha value is -1.85. The summed E-state index contributed by atoms with van der Waals surface area (Å²) in [5, 5.41) is 0. The minimum Gasteiger partial charge on any atom is -0.399 e. The molecule has 0 unspecified atom stereocenters. The SMILES string of the molecule is Cc1cc(N)ccc1-c1ccccc1S(=O)(=O)NC(C)(C)C. The number of rotatable bonds is 3. The molecule has 0 heterocycles. The molecule has 2 aromatic rings. The van der Waals surface area contributed by atoms with E-state index < -0.39 is 15.6 Å². The standard InChI is InChI=1S/C17H22N2O2S/c1-12-11-13(18)9-10-14(12)15-7-5-6-8-16(15)22(20,21)19-17(2,3)4/h5-11,19H,18H2,1-4H3. The van der Waals surface area contributed by atoms with Gasteiger partial charge >= 0.3 is 0 Å². The summed E-state index contributed by atoms with van der Waals surface area (Å²) in [4.78, 5) is 0.276. The topological polar surface area (TPSA) is 72.2 Å². The van der Waals surface area contributed by atoms with Gasteiger partial charge in [0.15, 0.2) is 0 Å². The van der Waals surface area contributed by atoms with Gasteiger partial charge in [0.05, 0.1) is 4.90 Å². The van der Waals surface area contributed by atoms with Gasteiger partial charge in [-0.3, -0.25) is 0 Å². The molecule has 0 saturated heterocycles. The molecule has 0 radical (unpaired) electrons. The van der Waals surface area contributed by atoms with Gasteiger partial charge in [-0.1, -0.05) is 24.3 Å². The van der Waals surface area contributed by atoms with Gasteiger partial charge in [-0.15, -0.1) is 0 Å². The molecule has 0 aliphatic heterocycles. The molecule has 3 N–H and O–H groups in total. The number of hydrogen-bond donors (Lipinski definition) is 2. The first kappa shape index (κ1) is 16.5. The van der Waals surface area contributed by atoms with Crippen LogP contribution in [0.15, 0.2) is 47.4 Å². The van der Waals surface area contributed by atoms with Crippen molar-refractivity contribution < 1.29 is 8.42 Å². The van der Waals surface area contributed by atoms with Crippen molar-refractivity contribution in [2.24, 2.45) is 0 Å². The van der Waals surface area contributed by atoms with Crippen LogP contribution in [0.5, 0.6) is 0 Å². The highest BCUT2D eigenvalue weighted by Gasteiger charge is 2.25. The lowest BCUT2D eigenvalue weighted by molar-refractivity contribution is 0.491. The van der Waals surface area contributed by atoms with Crippen molar-refractivity contribution in [2.45, 2.75) is 38.1 Å². The second-order valence-corrected chi connectivity index (χ2v) is 8.08. The molecule has 0 spiro atoms. The summed E-state index contributed by atoms with van der Waals surface area (Å²) in [7, 11) is -3.60. The Labute approximate surface area is 132 Å². The molecular formula is C17H22N2O2S. The van der Waals surface area contributed by atoms with Gasteiger partial charge in [0, 0.05) is 16.8 Å². The van der Waals surface area contributed by atoms with Crippen LogP contribution in [0.1, 0.15) is 26.3 Å². The first-order valence-electron chi connectivity index (χ1n) is 7.10. The van der Waals surface area contributed by atoms with Gasteiger partial charge in [0.2, 0.25) is 10.0 Å². The van der Waals surface area contributed by atoms with Crippen LogP contribution in [0.4, 0.5) is 5.69 Å². The third-order valence-electron chi connectivity index (χ3n) is 3.16. The van der Waals surface area contributed by atoms with Gasteiger partial charge in [-0.2, -0.15) is 0 Å². The number of benzene rings is 2. The summed E-state index contributed by atoms with van der Waals surface area (Å²) >= 11 is 0. The Kier molecular flexibility index (Phi) is 4.31. The van der Waals surface area contributed by atoms with Crippen molar-refractivity contribution in [1.82, 2.24) is 4.72 Å². The molecule has 0 fully saturated rings. The molecule has 0 atom stereocenters. The van der Waals surface area contributed by atoms with Gasteiger partial charge < -0.3 is 5.73 Å². The number of aryl methyl sites for hydroxylation is 1. The molecule has 2 aromatic carbocycles. The van der Waals surface area contributed by atoms with Crippen molar-refractivity contribution in [1.29, 1.82) is 0 Å². The van der Waals surface area contributed by atoms with Crippen molar-refractivity contribution in [3.63, 3.8) is 0 Å². The van der Waals surface area contributed by atoms with Crippen LogP contribution in [0.3, 0.4) is 0 Å². The molecule has 0 aliphatic rings. The van der Waals surface area contributed by atoms with Gasteiger partial charge in [-0.05, 0) is 57.0 Å². The molecule has 2 rings (SSSR count). The summed E-state index contributed by atoms with van der Waals surface area (Å²) in [6.45, 7) is 7.39. The second-order valence-electron chi connectivity index (χ2n) is 6.43. The highest BCUT2D eigenvalue weighted by molar-refractivity contribution is 7.89. The molecule has 0 aliphatic carbocycles. The van der Waals surface area contributed by atoms with Gasteiger partial charge in [0.1, 0.15) is 0 Å². The molecule has 4 nitrogen and oxygen atoms in total. The van der Waals surface area contributed by atoms with Crippen LogP contribution in [0.2, 0.25) is 0 Å².